The largest absolute Gasteiger partial charge is 0.327 e. The summed E-state index contributed by atoms with van der Waals surface area (Å²) in [6.45, 7) is 5.54. The average Bonchev–Trinajstić information content (AvgIpc) is 2.82. The van der Waals surface area contributed by atoms with Gasteiger partial charge in [0.1, 0.15) is 5.82 Å². The zero-order valence-electron chi connectivity index (χ0n) is 12.8. The standard InChI is InChI=1S/C16H22BrClN2S/c1-4-16(5-2,21-3)11-20-14-7-6-12(17)10-13(14)19-15(20)8-9-18/h6-7,10H,4-5,8-9,11H2,1-3H3. The van der Waals surface area contributed by atoms with Crippen molar-refractivity contribution in [1.82, 2.24) is 9.55 Å². The van der Waals surface area contributed by atoms with Crippen molar-refractivity contribution in [2.24, 2.45) is 0 Å². The molecule has 21 heavy (non-hydrogen) atoms. The van der Waals surface area contributed by atoms with E-state index in [0.29, 0.717) is 5.88 Å². The van der Waals surface area contributed by atoms with Crippen molar-refractivity contribution in [3.63, 3.8) is 0 Å². The number of rotatable bonds is 7. The summed E-state index contributed by atoms with van der Waals surface area (Å²) in [6.07, 6.45) is 5.33. The molecule has 0 spiro atoms. The van der Waals surface area contributed by atoms with Crippen LogP contribution in [0.5, 0.6) is 0 Å². The quantitative estimate of drug-likeness (QED) is 0.582. The van der Waals surface area contributed by atoms with Crippen LogP contribution in [0.3, 0.4) is 0 Å². The third-order valence-corrected chi connectivity index (χ3v) is 6.53. The first-order valence-electron chi connectivity index (χ1n) is 7.35. The zero-order valence-corrected chi connectivity index (χ0v) is 16.0. The van der Waals surface area contributed by atoms with Crippen LogP contribution in [0.15, 0.2) is 22.7 Å². The number of aryl methyl sites for hydroxylation is 1. The summed E-state index contributed by atoms with van der Waals surface area (Å²) in [7, 11) is 0. The Bertz CT molecular complexity index is 599. The average molecular weight is 390 g/mol. The van der Waals surface area contributed by atoms with E-state index in [1.807, 2.05) is 11.8 Å². The lowest BCUT2D eigenvalue weighted by Gasteiger charge is -2.31. The Morgan fingerprint density at radius 2 is 2.05 bits per heavy atom. The molecule has 2 rings (SSSR count). The van der Waals surface area contributed by atoms with Gasteiger partial charge in [-0.15, -0.1) is 11.6 Å². The molecule has 0 aliphatic carbocycles. The monoisotopic (exact) mass is 388 g/mol. The molecule has 0 atom stereocenters. The molecule has 5 heteroatoms. The highest BCUT2D eigenvalue weighted by Crippen LogP contribution is 2.34. The molecule has 0 fully saturated rings. The number of aromatic nitrogens is 2. The van der Waals surface area contributed by atoms with Gasteiger partial charge in [-0.25, -0.2) is 4.98 Å². The first-order valence-corrected chi connectivity index (χ1v) is 9.90. The molecule has 0 radical (unpaired) electrons. The van der Waals surface area contributed by atoms with Gasteiger partial charge >= 0.3 is 0 Å². The second-order valence-electron chi connectivity index (χ2n) is 5.28. The van der Waals surface area contributed by atoms with Gasteiger partial charge in [0.2, 0.25) is 0 Å². The highest BCUT2D eigenvalue weighted by Gasteiger charge is 2.27. The topological polar surface area (TPSA) is 17.8 Å². The molecular weight excluding hydrogens is 368 g/mol. The van der Waals surface area contributed by atoms with Gasteiger partial charge < -0.3 is 4.57 Å². The summed E-state index contributed by atoms with van der Waals surface area (Å²) in [5.41, 5.74) is 2.25. The van der Waals surface area contributed by atoms with E-state index >= 15 is 0 Å². The molecule has 0 aliphatic heterocycles. The number of fused-ring (bicyclic) bond motifs is 1. The van der Waals surface area contributed by atoms with Gasteiger partial charge in [0.05, 0.1) is 11.0 Å². The maximum absolute atomic E-state index is 5.97. The first-order chi connectivity index (χ1) is 10.1. The number of hydrogen-bond acceptors (Lipinski definition) is 2. The lowest BCUT2D eigenvalue weighted by Crippen LogP contribution is -2.29. The molecule has 1 aromatic heterocycles. The van der Waals surface area contributed by atoms with Gasteiger partial charge in [0.25, 0.3) is 0 Å². The van der Waals surface area contributed by atoms with Crippen molar-refractivity contribution in [1.29, 1.82) is 0 Å². The van der Waals surface area contributed by atoms with E-state index < -0.39 is 0 Å². The minimum absolute atomic E-state index is 0.266. The van der Waals surface area contributed by atoms with Gasteiger partial charge in [0.15, 0.2) is 0 Å². The van der Waals surface area contributed by atoms with Crippen molar-refractivity contribution in [2.75, 3.05) is 12.1 Å². The van der Waals surface area contributed by atoms with E-state index in [1.54, 1.807) is 0 Å². The van der Waals surface area contributed by atoms with Gasteiger partial charge in [-0.1, -0.05) is 29.8 Å². The van der Waals surface area contributed by atoms with Crippen LogP contribution < -0.4 is 0 Å². The molecule has 2 aromatic rings. The summed E-state index contributed by atoms with van der Waals surface area (Å²) in [5, 5.41) is 0. The number of hydrogen-bond donors (Lipinski definition) is 0. The van der Waals surface area contributed by atoms with Crippen LogP contribution in [0.2, 0.25) is 0 Å². The van der Waals surface area contributed by atoms with E-state index in [1.165, 1.54) is 5.52 Å². The molecule has 0 bridgehead atoms. The highest BCUT2D eigenvalue weighted by molar-refractivity contribution is 9.10. The Hall–Kier alpha value is -0.190. The Morgan fingerprint density at radius 1 is 1.33 bits per heavy atom. The fraction of sp³-hybridized carbons (Fsp3) is 0.562. The molecule has 0 N–H and O–H groups in total. The van der Waals surface area contributed by atoms with Crippen LogP contribution in [0, 0.1) is 0 Å². The maximum atomic E-state index is 5.97. The molecule has 1 aromatic carbocycles. The number of thioether (sulfide) groups is 1. The third kappa shape index (κ3) is 3.59. The van der Waals surface area contributed by atoms with Crippen LogP contribution in [0.1, 0.15) is 32.5 Å². The number of imidazole rings is 1. The van der Waals surface area contributed by atoms with Gasteiger partial charge in [0, 0.05) is 28.1 Å². The Kier molecular flexibility index (Phi) is 6.04. The third-order valence-electron chi connectivity index (χ3n) is 4.28. The highest BCUT2D eigenvalue weighted by atomic mass is 79.9. The predicted molar refractivity (Wildman–Crippen MR) is 98.7 cm³/mol. The Balaban J connectivity index is 2.52. The summed E-state index contributed by atoms with van der Waals surface area (Å²) < 4.78 is 3.70. The molecule has 2 nitrogen and oxygen atoms in total. The minimum atomic E-state index is 0.266. The molecule has 116 valence electrons. The predicted octanol–water partition coefficient (Wildman–Crippen LogP) is 5.50. The molecule has 0 unspecified atom stereocenters. The van der Waals surface area contributed by atoms with Crippen LogP contribution in [0.25, 0.3) is 11.0 Å². The second kappa shape index (κ2) is 7.38. The SMILES string of the molecule is CCC(CC)(Cn1c(CCCl)nc2cc(Br)ccc21)SC. The molecule has 1 heterocycles. The first kappa shape index (κ1) is 17.2. The van der Waals surface area contributed by atoms with Crippen molar-refractivity contribution < 1.29 is 0 Å². The van der Waals surface area contributed by atoms with E-state index in [0.717, 1.165) is 41.6 Å². The summed E-state index contributed by atoms with van der Waals surface area (Å²) in [6, 6.07) is 6.33. The van der Waals surface area contributed by atoms with E-state index in [4.69, 9.17) is 16.6 Å². The summed E-state index contributed by atoms with van der Waals surface area (Å²) in [4.78, 5) is 4.79. The van der Waals surface area contributed by atoms with Crippen molar-refractivity contribution in [3.8, 4) is 0 Å². The van der Waals surface area contributed by atoms with E-state index in [-0.39, 0.29) is 4.75 Å². The Morgan fingerprint density at radius 3 is 2.62 bits per heavy atom. The summed E-state index contributed by atoms with van der Waals surface area (Å²) >= 11 is 11.5. The number of benzene rings is 1. The molecule has 0 saturated heterocycles. The fourth-order valence-corrected chi connectivity index (χ4v) is 4.07. The lowest BCUT2D eigenvalue weighted by atomic mass is 10.0. The second-order valence-corrected chi connectivity index (χ2v) is 7.85. The number of nitrogens with zero attached hydrogens (tertiary/aromatic N) is 2. The number of alkyl halides is 1. The Labute approximate surface area is 144 Å². The maximum Gasteiger partial charge on any atom is 0.111 e. The number of halogens is 2. The fourth-order valence-electron chi connectivity index (χ4n) is 2.72. The van der Waals surface area contributed by atoms with Crippen molar-refractivity contribution in [2.45, 2.75) is 44.4 Å². The van der Waals surface area contributed by atoms with E-state index in [2.05, 4.69) is 58.8 Å². The van der Waals surface area contributed by atoms with Crippen LogP contribution in [0.4, 0.5) is 0 Å². The minimum Gasteiger partial charge on any atom is -0.327 e. The van der Waals surface area contributed by atoms with Crippen molar-refractivity contribution >= 4 is 50.3 Å². The zero-order chi connectivity index (χ0) is 15.5. The summed E-state index contributed by atoms with van der Waals surface area (Å²) in [5.74, 6) is 1.70. The van der Waals surface area contributed by atoms with Crippen LogP contribution in [-0.4, -0.2) is 26.4 Å². The molecule has 0 aliphatic rings. The van der Waals surface area contributed by atoms with Gasteiger partial charge in [-0.05, 0) is 37.3 Å². The van der Waals surface area contributed by atoms with Crippen molar-refractivity contribution in [3.05, 3.63) is 28.5 Å². The molecule has 0 saturated carbocycles. The van der Waals surface area contributed by atoms with E-state index in [9.17, 15) is 0 Å². The van der Waals surface area contributed by atoms with Gasteiger partial charge in [-0.3, -0.25) is 0 Å². The van der Waals surface area contributed by atoms with Crippen LogP contribution in [-0.2, 0) is 13.0 Å². The molecular formula is C16H22BrClN2S. The normalized spacial score (nSPS) is 12.2. The van der Waals surface area contributed by atoms with Crippen LogP contribution >= 0.6 is 39.3 Å². The lowest BCUT2D eigenvalue weighted by molar-refractivity contribution is 0.464. The smallest absolute Gasteiger partial charge is 0.111 e. The molecule has 0 amide bonds. The van der Waals surface area contributed by atoms with Gasteiger partial charge in [-0.2, -0.15) is 11.8 Å².